The van der Waals surface area contributed by atoms with Crippen LogP contribution in [0.15, 0.2) is 24.4 Å². The smallest absolute Gasteiger partial charge is 0.254 e. The Kier molecular flexibility index (Phi) is 4.12. The summed E-state index contributed by atoms with van der Waals surface area (Å²) in [5, 5.41) is 6.82. The summed E-state index contributed by atoms with van der Waals surface area (Å²) in [5.41, 5.74) is 1.43. The lowest BCUT2D eigenvalue weighted by atomic mass is 10.1. The van der Waals surface area contributed by atoms with Crippen molar-refractivity contribution in [3.8, 4) is 0 Å². The zero-order chi connectivity index (χ0) is 14.7. The van der Waals surface area contributed by atoms with Crippen LogP contribution >= 0.6 is 0 Å². The molecular formula is C14H15F2N3O. The molecule has 0 bridgehead atoms. The molecule has 0 saturated heterocycles. The molecule has 4 nitrogen and oxygen atoms in total. The summed E-state index contributed by atoms with van der Waals surface area (Å²) in [4.78, 5) is 11.9. The van der Waals surface area contributed by atoms with E-state index in [0.717, 1.165) is 23.7 Å². The minimum atomic E-state index is -1.13. The molecule has 6 heteroatoms. The second-order valence-corrected chi connectivity index (χ2v) is 4.41. The molecule has 0 fully saturated rings. The van der Waals surface area contributed by atoms with E-state index in [1.54, 1.807) is 17.9 Å². The number of carbonyl (C=O) groups is 1. The number of hydrogen-bond acceptors (Lipinski definition) is 2. The molecular weight excluding hydrogens is 264 g/mol. The van der Waals surface area contributed by atoms with Crippen molar-refractivity contribution < 1.29 is 13.6 Å². The van der Waals surface area contributed by atoms with Gasteiger partial charge in [0.25, 0.3) is 5.91 Å². The van der Waals surface area contributed by atoms with Gasteiger partial charge in [-0.2, -0.15) is 5.10 Å². The third-order valence-corrected chi connectivity index (χ3v) is 2.96. The van der Waals surface area contributed by atoms with Crippen molar-refractivity contribution in [3.05, 3.63) is 52.9 Å². The molecule has 2 aromatic rings. The quantitative estimate of drug-likeness (QED) is 0.932. The zero-order valence-electron chi connectivity index (χ0n) is 11.3. The maximum atomic E-state index is 13.5. The molecule has 0 unspecified atom stereocenters. The van der Waals surface area contributed by atoms with Gasteiger partial charge in [0.2, 0.25) is 0 Å². The Bertz CT molecular complexity index is 637. The first kappa shape index (κ1) is 14.2. The van der Waals surface area contributed by atoms with Crippen LogP contribution in [-0.4, -0.2) is 15.7 Å². The minimum absolute atomic E-state index is 0.228. The minimum Gasteiger partial charge on any atom is -0.348 e. The molecule has 1 heterocycles. The van der Waals surface area contributed by atoms with Crippen LogP contribution in [0.2, 0.25) is 0 Å². The van der Waals surface area contributed by atoms with E-state index in [-0.39, 0.29) is 12.1 Å². The average molecular weight is 279 g/mol. The Morgan fingerprint density at radius 2 is 2.15 bits per heavy atom. The van der Waals surface area contributed by atoms with Crippen LogP contribution in [0.5, 0.6) is 0 Å². The van der Waals surface area contributed by atoms with Gasteiger partial charge in [-0.3, -0.25) is 9.48 Å². The number of aromatic nitrogens is 2. The molecule has 0 aliphatic carbocycles. The van der Waals surface area contributed by atoms with Crippen LogP contribution in [0.3, 0.4) is 0 Å². The number of halogens is 2. The van der Waals surface area contributed by atoms with E-state index in [9.17, 15) is 13.6 Å². The van der Waals surface area contributed by atoms with E-state index in [1.165, 1.54) is 12.1 Å². The standard InChI is InChI=1S/C14H15F2N3O/c1-3-12-9(8-19(2)18-12)7-17-14(20)10-5-4-6-11(15)13(10)16/h4-6,8H,3,7H2,1-2H3,(H,17,20). The lowest BCUT2D eigenvalue weighted by molar-refractivity contribution is 0.0945. The fraction of sp³-hybridized carbons (Fsp3) is 0.286. The Labute approximate surface area is 115 Å². The summed E-state index contributed by atoms with van der Waals surface area (Å²) in [5.74, 6) is -2.81. The fourth-order valence-corrected chi connectivity index (χ4v) is 1.98. The van der Waals surface area contributed by atoms with Crippen molar-refractivity contribution in [2.24, 2.45) is 7.05 Å². The van der Waals surface area contributed by atoms with Crippen molar-refractivity contribution in [2.45, 2.75) is 19.9 Å². The van der Waals surface area contributed by atoms with Crippen molar-refractivity contribution in [3.63, 3.8) is 0 Å². The molecule has 0 atom stereocenters. The second-order valence-electron chi connectivity index (χ2n) is 4.41. The lowest BCUT2D eigenvalue weighted by Crippen LogP contribution is -2.24. The number of carbonyl (C=O) groups excluding carboxylic acids is 1. The van der Waals surface area contributed by atoms with Gasteiger partial charge in [-0.05, 0) is 18.6 Å². The Morgan fingerprint density at radius 1 is 1.40 bits per heavy atom. The number of amides is 1. The van der Waals surface area contributed by atoms with Crippen molar-refractivity contribution in [2.75, 3.05) is 0 Å². The highest BCUT2D eigenvalue weighted by atomic mass is 19.2. The molecule has 0 saturated carbocycles. The van der Waals surface area contributed by atoms with Gasteiger partial charge in [0.15, 0.2) is 11.6 Å². The van der Waals surface area contributed by atoms with E-state index < -0.39 is 17.5 Å². The van der Waals surface area contributed by atoms with Crippen molar-refractivity contribution >= 4 is 5.91 Å². The van der Waals surface area contributed by atoms with Crippen LogP contribution in [0.25, 0.3) is 0 Å². The second kappa shape index (κ2) is 5.81. The highest BCUT2D eigenvalue weighted by molar-refractivity contribution is 5.94. The summed E-state index contributed by atoms with van der Waals surface area (Å²) in [7, 11) is 1.79. The van der Waals surface area contributed by atoms with E-state index >= 15 is 0 Å². The molecule has 0 spiro atoms. The van der Waals surface area contributed by atoms with Crippen LogP contribution in [0, 0.1) is 11.6 Å². The molecule has 106 valence electrons. The topological polar surface area (TPSA) is 46.9 Å². The van der Waals surface area contributed by atoms with Gasteiger partial charge < -0.3 is 5.32 Å². The first-order valence-corrected chi connectivity index (χ1v) is 6.26. The summed E-state index contributed by atoms with van der Waals surface area (Å²) in [6.45, 7) is 2.19. The SMILES string of the molecule is CCc1nn(C)cc1CNC(=O)c1cccc(F)c1F. The number of aryl methyl sites for hydroxylation is 2. The number of benzene rings is 1. The van der Waals surface area contributed by atoms with Gasteiger partial charge >= 0.3 is 0 Å². The number of rotatable bonds is 4. The number of nitrogens with one attached hydrogen (secondary N) is 1. The summed E-state index contributed by atoms with van der Waals surface area (Å²) in [6.07, 6.45) is 2.53. The van der Waals surface area contributed by atoms with Gasteiger partial charge in [0.1, 0.15) is 0 Å². The molecule has 0 aliphatic rings. The highest BCUT2D eigenvalue weighted by Gasteiger charge is 2.15. The number of hydrogen-bond donors (Lipinski definition) is 1. The van der Waals surface area contributed by atoms with Crippen molar-refractivity contribution in [1.82, 2.24) is 15.1 Å². The van der Waals surface area contributed by atoms with Crippen LogP contribution in [0.1, 0.15) is 28.5 Å². The molecule has 20 heavy (non-hydrogen) atoms. The molecule has 1 N–H and O–H groups in total. The first-order valence-electron chi connectivity index (χ1n) is 6.26. The van der Waals surface area contributed by atoms with E-state index in [2.05, 4.69) is 10.4 Å². The van der Waals surface area contributed by atoms with Crippen LogP contribution < -0.4 is 5.32 Å². The molecule has 1 aromatic heterocycles. The van der Waals surface area contributed by atoms with Gasteiger partial charge in [-0.25, -0.2) is 8.78 Å². The maximum Gasteiger partial charge on any atom is 0.254 e. The Balaban J connectivity index is 2.10. The van der Waals surface area contributed by atoms with E-state index in [1.807, 2.05) is 6.92 Å². The monoisotopic (exact) mass is 279 g/mol. The van der Waals surface area contributed by atoms with Gasteiger partial charge in [-0.15, -0.1) is 0 Å². The Morgan fingerprint density at radius 3 is 2.85 bits per heavy atom. The van der Waals surface area contributed by atoms with Gasteiger partial charge in [0, 0.05) is 25.4 Å². The van der Waals surface area contributed by atoms with Gasteiger partial charge in [0.05, 0.1) is 11.3 Å². The summed E-state index contributed by atoms with van der Waals surface area (Å²) >= 11 is 0. The van der Waals surface area contributed by atoms with Crippen molar-refractivity contribution in [1.29, 1.82) is 0 Å². The largest absolute Gasteiger partial charge is 0.348 e. The van der Waals surface area contributed by atoms with Crippen LogP contribution in [0.4, 0.5) is 8.78 Å². The molecule has 0 aliphatic heterocycles. The molecule has 0 radical (unpaired) electrons. The molecule has 1 amide bonds. The summed E-state index contributed by atoms with van der Waals surface area (Å²) in [6, 6.07) is 3.52. The highest BCUT2D eigenvalue weighted by Crippen LogP contribution is 2.12. The predicted octanol–water partition coefficient (Wildman–Crippen LogP) is 2.19. The van der Waals surface area contributed by atoms with E-state index in [0.29, 0.717) is 0 Å². The third-order valence-electron chi connectivity index (χ3n) is 2.96. The molecule has 1 aromatic carbocycles. The molecule has 2 rings (SSSR count). The maximum absolute atomic E-state index is 13.5. The first-order chi connectivity index (χ1) is 9.52. The zero-order valence-corrected chi connectivity index (χ0v) is 11.3. The normalized spacial score (nSPS) is 10.6. The van der Waals surface area contributed by atoms with Gasteiger partial charge in [-0.1, -0.05) is 13.0 Å². The summed E-state index contributed by atoms with van der Waals surface area (Å²) < 4.78 is 28.2. The average Bonchev–Trinajstić information content (AvgIpc) is 2.79. The van der Waals surface area contributed by atoms with E-state index in [4.69, 9.17) is 0 Å². The fourth-order valence-electron chi connectivity index (χ4n) is 1.98. The number of nitrogens with zero attached hydrogens (tertiary/aromatic N) is 2. The van der Waals surface area contributed by atoms with Crippen LogP contribution in [-0.2, 0) is 20.0 Å². The Hall–Kier alpha value is -2.24. The lowest BCUT2D eigenvalue weighted by Gasteiger charge is -2.06. The third kappa shape index (κ3) is 2.84. The predicted molar refractivity (Wildman–Crippen MR) is 70.1 cm³/mol.